The van der Waals surface area contributed by atoms with Crippen LogP contribution in [0.25, 0.3) is 0 Å². The molecule has 1 aliphatic rings. The van der Waals surface area contributed by atoms with Gasteiger partial charge in [0, 0.05) is 6.54 Å². The summed E-state index contributed by atoms with van der Waals surface area (Å²) in [5.74, 6) is 0.701. The first-order valence-corrected chi connectivity index (χ1v) is 5.08. The summed E-state index contributed by atoms with van der Waals surface area (Å²) < 4.78 is 0. The molecule has 1 heteroatoms. The van der Waals surface area contributed by atoms with E-state index in [1.165, 1.54) is 38.0 Å². The van der Waals surface area contributed by atoms with Crippen LogP contribution in [0.2, 0.25) is 0 Å². The van der Waals surface area contributed by atoms with Crippen molar-refractivity contribution in [1.82, 2.24) is 4.90 Å². The van der Waals surface area contributed by atoms with Crippen molar-refractivity contribution in [3.8, 4) is 0 Å². The van der Waals surface area contributed by atoms with Gasteiger partial charge in [-0.15, -0.1) is 0 Å². The van der Waals surface area contributed by atoms with Crippen molar-refractivity contribution in [2.45, 2.75) is 33.6 Å². The Hall–Kier alpha value is -0.300. The van der Waals surface area contributed by atoms with E-state index in [2.05, 4.69) is 31.7 Å². The van der Waals surface area contributed by atoms with Gasteiger partial charge < -0.3 is 0 Å². The van der Waals surface area contributed by atoms with Crippen molar-refractivity contribution in [2.75, 3.05) is 19.6 Å². The van der Waals surface area contributed by atoms with Gasteiger partial charge in [-0.3, -0.25) is 4.90 Å². The first-order valence-electron chi connectivity index (χ1n) is 5.08. The topological polar surface area (TPSA) is 3.24 Å². The summed E-state index contributed by atoms with van der Waals surface area (Å²) in [6, 6.07) is 0. The van der Waals surface area contributed by atoms with E-state index in [1.807, 2.05) is 0 Å². The fourth-order valence-corrected chi connectivity index (χ4v) is 1.92. The van der Waals surface area contributed by atoms with Gasteiger partial charge in [-0.1, -0.05) is 25.5 Å². The maximum absolute atomic E-state index is 2.55. The van der Waals surface area contributed by atoms with E-state index in [4.69, 9.17) is 0 Å². The van der Waals surface area contributed by atoms with Gasteiger partial charge in [-0.05, 0) is 38.8 Å². The molecule has 0 saturated carbocycles. The lowest BCUT2D eigenvalue weighted by molar-refractivity contribution is 0.367. The minimum absolute atomic E-state index is 0.701. The van der Waals surface area contributed by atoms with Gasteiger partial charge in [0.15, 0.2) is 0 Å². The Labute approximate surface area is 76.5 Å². The summed E-state index contributed by atoms with van der Waals surface area (Å²) >= 11 is 0. The molecule has 0 aromatic carbocycles. The third-order valence-corrected chi connectivity index (χ3v) is 2.29. The van der Waals surface area contributed by atoms with Crippen molar-refractivity contribution in [3.05, 3.63) is 11.6 Å². The Kier molecular flexibility index (Phi) is 3.80. The van der Waals surface area contributed by atoms with Crippen LogP contribution in [-0.2, 0) is 0 Å². The molecule has 1 aliphatic heterocycles. The second kappa shape index (κ2) is 4.66. The molecular formula is C11H21N. The number of allylic oxidation sites excluding steroid dienone is 1. The SMILES string of the molecule is CC(=CC(C)C)CN1CCCC1. The number of hydrogen-bond donors (Lipinski definition) is 0. The molecule has 0 spiro atoms. The highest BCUT2D eigenvalue weighted by molar-refractivity contribution is 5.02. The molecule has 0 aromatic rings. The normalized spacial score (nSPS) is 20.8. The van der Waals surface area contributed by atoms with Gasteiger partial charge >= 0.3 is 0 Å². The second-order valence-electron chi connectivity index (χ2n) is 4.24. The minimum atomic E-state index is 0.701. The summed E-state index contributed by atoms with van der Waals surface area (Å²) in [5.41, 5.74) is 1.53. The molecule has 0 aromatic heterocycles. The van der Waals surface area contributed by atoms with E-state index in [1.54, 1.807) is 0 Å². The smallest absolute Gasteiger partial charge is 0.0190 e. The molecule has 0 atom stereocenters. The Morgan fingerprint density at radius 3 is 2.42 bits per heavy atom. The summed E-state index contributed by atoms with van der Waals surface area (Å²) in [6.07, 6.45) is 5.17. The van der Waals surface area contributed by atoms with Crippen LogP contribution in [-0.4, -0.2) is 24.5 Å². The number of hydrogen-bond acceptors (Lipinski definition) is 1. The molecular weight excluding hydrogens is 146 g/mol. The fraction of sp³-hybridized carbons (Fsp3) is 0.818. The van der Waals surface area contributed by atoms with Gasteiger partial charge in [0.05, 0.1) is 0 Å². The highest BCUT2D eigenvalue weighted by atomic mass is 15.1. The summed E-state index contributed by atoms with van der Waals surface area (Å²) in [4.78, 5) is 2.55. The van der Waals surface area contributed by atoms with Crippen LogP contribution >= 0.6 is 0 Å². The zero-order chi connectivity index (χ0) is 8.97. The van der Waals surface area contributed by atoms with Crippen LogP contribution in [0.3, 0.4) is 0 Å². The largest absolute Gasteiger partial charge is 0.299 e. The number of nitrogens with zero attached hydrogens (tertiary/aromatic N) is 1. The Balaban J connectivity index is 2.29. The maximum atomic E-state index is 2.55. The van der Waals surface area contributed by atoms with Crippen LogP contribution in [0.4, 0.5) is 0 Å². The summed E-state index contributed by atoms with van der Waals surface area (Å²) in [7, 11) is 0. The van der Waals surface area contributed by atoms with Crippen LogP contribution in [0, 0.1) is 5.92 Å². The molecule has 0 N–H and O–H groups in total. The Morgan fingerprint density at radius 1 is 1.33 bits per heavy atom. The summed E-state index contributed by atoms with van der Waals surface area (Å²) in [5, 5.41) is 0. The van der Waals surface area contributed by atoms with Crippen LogP contribution < -0.4 is 0 Å². The maximum Gasteiger partial charge on any atom is 0.0190 e. The highest BCUT2D eigenvalue weighted by Gasteiger charge is 2.10. The molecule has 0 unspecified atom stereocenters. The molecule has 70 valence electrons. The fourth-order valence-electron chi connectivity index (χ4n) is 1.92. The van der Waals surface area contributed by atoms with Crippen molar-refractivity contribution in [3.63, 3.8) is 0 Å². The van der Waals surface area contributed by atoms with Gasteiger partial charge in [0.25, 0.3) is 0 Å². The molecule has 1 saturated heterocycles. The lowest BCUT2D eigenvalue weighted by Gasteiger charge is -2.15. The third kappa shape index (κ3) is 3.40. The molecule has 0 amide bonds. The van der Waals surface area contributed by atoms with Crippen LogP contribution in [0.1, 0.15) is 33.6 Å². The van der Waals surface area contributed by atoms with E-state index in [0.29, 0.717) is 5.92 Å². The van der Waals surface area contributed by atoms with Crippen molar-refractivity contribution < 1.29 is 0 Å². The standard InChI is InChI=1S/C11H21N/c1-10(2)8-11(3)9-12-6-4-5-7-12/h8,10H,4-7,9H2,1-3H3. The van der Waals surface area contributed by atoms with E-state index in [-0.39, 0.29) is 0 Å². The summed E-state index contributed by atoms with van der Waals surface area (Å²) in [6.45, 7) is 10.5. The molecule has 0 bridgehead atoms. The van der Waals surface area contributed by atoms with Gasteiger partial charge in [0.1, 0.15) is 0 Å². The zero-order valence-electron chi connectivity index (χ0n) is 8.64. The van der Waals surface area contributed by atoms with Crippen molar-refractivity contribution >= 4 is 0 Å². The van der Waals surface area contributed by atoms with E-state index < -0.39 is 0 Å². The van der Waals surface area contributed by atoms with Gasteiger partial charge in [-0.2, -0.15) is 0 Å². The van der Waals surface area contributed by atoms with E-state index >= 15 is 0 Å². The number of likely N-dealkylation sites (tertiary alicyclic amines) is 1. The minimum Gasteiger partial charge on any atom is -0.299 e. The lowest BCUT2D eigenvalue weighted by Crippen LogP contribution is -2.21. The molecule has 1 rings (SSSR count). The average Bonchev–Trinajstić information content (AvgIpc) is 2.37. The average molecular weight is 167 g/mol. The van der Waals surface area contributed by atoms with Crippen molar-refractivity contribution in [2.24, 2.45) is 5.92 Å². The number of rotatable bonds is 3. The quantitative estimate of drug-likeness (QED) is 0.584. The second-order valence-corrected chi connectivity index (χ2v) is 4.24. The van der Waals surface area contributed by atoms with Gasteiger partial charge in [0.2, 0.25) is 0 Å². The molecule has 1 fully saturated rings. The molecule has 0 aliphatic carbocycles. The molecule has 12 heavy (non-hydrogen) atoms. The Morgan fingerprint density at radius 2 is 1.92 bits per heavy atom. The first-order chi connectivity index (χ1) is 5.68. The lowest BCUT2D eigenvalue weighted by atomic mass is 10.1. The Bertz CT molecular complexity index is 152. The molecule has 0 radical (unpaired) electrons. The van der Waals surface area contributed by atoms with Gasteiger partial charge in [-0.25, -0.2) is 0 Å². The first kappa shape index (κ1) is 9.79. The van der Waals surface area contributed by atoms with Crippen molar-refractivity contribution in [1.29, 1.82) is 0 Å². The van der Waals surface area contributed by atoms with Crippen LogP contribution in [0.5, 0.6) is 0 Å². The predicted octanol–water partition coefficient (Wildman–Crippen LogP) is 2.68. The highest BCUT2D eigenvalue weighted by Crippen LogP contribution is 2.10. The predicted molar refractivity (Wildman–Crippen MR) is 54.3 cm³/mol. The van der Waals surface area contributed by atoms with E-state index in [0.717, 1.165) is 0 Å². The monoisotopic (exact) mass is 167 g/mol. The zero-order valence-corrected chi connectivity index (χ0v) is 8.64. The van der Waals surface area contributed by atoms with Crippen LogP contribution in [0.15, 0.2) is 11.6 Å². The molecule has 1 heterocycles. The molecule has 1 nitrogen and oxygen atoms in total. The third-order valence-electron chi connectivity index (χ3n) is 2.29. The van der Waals surface area contributed by atoms with E-state index in [9.17, 15) is 0 Å².